The van der Waals surface area contributed by atoms with Crippen LogP contribution < -0.4 is 11.1 Å². The first kappa shape index (κ1) is 12.3. The number of nitrogens with one attached hydrogen (secondary N) is 1. The van der Waals surface area contributed by atoms with E-state index in [1.54, 1.807) is 12.4 Å². The molecule has 0 aliphatic heterocycles. The molecule has 2 aromatic heterocycles. The number of hydrogen-bond acceptors (Lipinski definition) is 5. The van der Waals surface area contributed by atoms with E-state index in [9.17, 15) is 0 Å². The molecule has 0 amide bonds. The molecule has 5 heteroatoms. The number of pyridine rings is 1. The van der Waals surface area contributed by atoms with Crippen molar-refractivity contribution >= 4 is 22.3 Å². The lowest BCUT2D eigenvalue weighted by molar-refractivity contribution is 0.956. The van der Waals surface area contributed by atoms with Crippen molar-refractivity contribution in [2.45, 2.75) is 13.5 Å². The monoisotopic (exact) mass is 265 g/mol. The van der Waals surface area contributed by atoms with Crippen LogP contribution in [0.3, 0.4) is 0 Å². The predicted molar refractivity (Wildman–Crippen MR) is 80.3 cm³/mol. The summed E-state index contributed by atoms with van der Waals surface area (Å²) in [4.78, 5) is 12.8. The van der Waals surface area contributed by atoms with Gasteiger partial charge in [-0.3, -0.25) is 4.98 Å². The molecule has 3 rings (SSSR count). The summed E-state index contributed by atoms with van der Waals surface area (Å²) in [7, 11) is 0. The van der Waals surface area contributed by atoms with Crippen LogP contribution in [0.15, 0.2) is 42.7 Å². The first-order chi connectivity index (χ1) is 9.74. The quantitative estimate of drug-likeness (QED) is 0.712. The molecule has 20 heavy (non-hydrogen) atoms. The van der Waals surface area contributed by atoms with Crippen molar-refractivity contribution in [2.75, 3.05) is 11.1 Å². The van der Waals surface area contributed by atoms with Crippen molar-refractivity contribution in [2.24, 2.45) is 0 Å². The first-order valence-electron chi connectivity index (χ1n) is 6.39. The molecule has 0 spiro atoms. The van der Waals surface area contributed by atoms with Gasteiger partial charge in [-0.15, -0.1) is 0 Å². The van der Waals surface area contributed by atoms with E-state index in [0.717, 1.165) is 28.1 Å². The highest BCUT2D eigenvalue weighted by molar-refractivity contribution is 5.97. The Bertz CT molecular complexity index is 754. The second-order valence-corrected chi connectivity index (χ2v) is 4.55. The molecule has 100 valence electrons. The van der Waals surface area contributed by atoms with Gasteiger partial charge in [0.15, 0.2) is 0 Å². The zero-order valence-corrected chi connectivity index (χ0v) is 11.2. The maximum atomic E-state index is 5.94. The molecule has 0 unspecified atom stereocenters. The number of nitrogens with zero attached hydrogens (tertiary/aromatic N) is 3. The summed E-state index contributed by atoms with van der Waals surface area (Å²) in [5.74, 6) is 0.771. The molecule has 0 bridgehead atoms. The number of aryl methyl sites for hydroxylation is 1. The van der Waals surface area contributed by atoms with Crippen LogP contribution in [0, 0.1) is 6.92 Å². The van der Waals surface area contributed by atoms with Crippen molar-refractivity contribution in [3.05, 3.63) is 54.2 Å². The number of nitrogen functional groups attached to an aromatic ring is 1. The zero-order valence-electron chi connectivity index (χ0n) is 11.2. The van der Waals surface area contributed by atoms with Crippen molar-refractivity contribution in [3.8, 4) is 0 Å². The van der Waals surface area contributed by atoms with Gasteiger partial charge < -0.3 is 11.1 Å². The summed E-state index contributed by atoms with van der Waals surface area (Å²) in [6, 6.07) is 9.63. The van der Waals surface area contributed by atoms with Gasteiger partial charge in [0.2, 0.25) is 0 Å². The lowest BCUT2D eigenvalue weighted by Gasteiger charge is -2.10. The molecule has 0 aliphatic rings. The number of nitrogens with two attached hydrogens (primary N) is 1. The summed E-state index contributed by atoms with van der Waals surface area (Å²) in [6.07, 6.45) is 3.52. The molecule has 2 heterocycles. The fourth-order valence-electron chi connectivity index (χ4n) is 2.14. The van der Waals surface area contributed by atoms with Crippen LogP contribution in [0.2, 0.25) is 0 Å². The van der Waals surface area contributed by atoms with Gasteiger partial charge in [-0.05, 0) is 25.1 Å². The van der Waals surface area contributed by atoms with Crippen LogP contribution in [0.5, 0.6) is 0 Å². The Kier molecular flexibility index (Phi) is 3.16. The third kappa shape index (κ3) is 2.38. The summed E-state index contributed by atoms with van der Waals surface area (Å²) < 4.78 is 0. The van der Waals surface area contributed by atoms with Gasteiger partial charge in [-0.25, -0.2) is 9.97 Å². The third-order valence-corrected chi connectivity index (χ3v) is 3.10. The van der Waals surface area contributed by atoms with Crippen LogP contribution in [0.4, 0.5) is 11.4 Å². The maximum absolute atomic E-state index is 5.94. The molecule has 0 aliphatic carbocycles. The highest BCUT2D eigenvalue weighted by Gasteiger charge is 2.04. The highest BCUT2D eigenvalue weighted by atomic mass is 14.9. The largest absolute Gasteiger partial charge is 0.397 e. The molecule has 0 saturated heterocycles. The van der Waals surface area contributed by atoms with Crippen LogP contribution in [-0.2, 0) is 6.54 Å². The van der Waals surface area contributed by atoms with Crippen LogP contribution in [-0.4, -0.2) is 15.0 Å². The Balaban J connectivity index is 1.90. The van der Waals surface area contributed by atoms with Crippen molar-refractivity contribution < 1.29 is 0 Å². The highest BCUT2D eigenvalue weighted by Crippen LogP contribution is 2.25. The van der Waals surface area contributed by atoms with Crippen LogP contribution in [0.25, 0.3) is 10.9 Å². The number of hydrogen-bond donors (Lipinski definition) is 2. The van der Waals surface area contributed by atoms with E-state index in [-0.39, 0.29) is 0 Å². The second kappa shape index (κ2) is 5.13. The SMILES string of the molecule is Cc1nccc(CNc2ccnc3c(N)cccc23)n1. The normalized spacial score (nSPS) is 10.7. The smallest absolute Gasteiger partial charge is 0.125 e. The Morgan fingerprint density at radius 1 is 1.10 bits per heavy atom. The summed E-state index contributed by atoms with van der Waals surface area (Å²) in [5, 5.41) is 4.38. The Morgan fingerprint density at radius 3 is 2.80 bits per heavy atom. The molecule has 1 aromatic carbocycles. The number of benzene rings is 1. The third-order valence-electron chi connectivity index (χ3n) is 3.10. The Morgan fingerprint density at radius 2 is 1.95 bits per heavy atom. The lowest BCUT2D eigenvalue weighted by Crippen LogP contribution is -2.04. The Hall–Kier alpha value is -2.69. The molecule has 0 radical (unpaired) electrons. The fourth-order valence-corrected chi connectivity index (χ4v) is 2.14. The maximum Gasteiger partial charge on any atom is 0.125 e. The number of para-hydroxylation sites is 1. The van der Waals surface area contributed by atoms with E-state index in [0.29, 0.717) is 12.2 Å². The van der Waals surface area contributed by atoms with E-state index in [1.807, 2.05) is 37.3 Å². The topological polar surface area (TPSA) is 76.7 Å². The summed E-state index contributed by atoms with van der Waals surface area (Å²) in [6.45, 7) is 2.52. The number of rotatable bonds is 3. The van der Waals surface area contributed by atoms with E-state index in [4.69, 9.17) is 5.73 Å². The van der Waals surface area contributed by atoms with Crippen molar-refractivity contribution in [1.29, 1.82) is 0 Å². The van der Waals surface area contributed by atoms with Gasteiger partial charge in [-0.1, -0.05) is 12.1 Å². The molecule has 3 N–H and O–H groups in total. The number of aromatic nitrogens is 3. The van der Waals surface area contributed by atoms with E-state index >= 15 is 0 Å². The molecular formula is C15H15N5. The molecular weight excluding hydrogens is 250 g/mol. The van der Waals surface area contributed by atoms with Gasteiger partial charge >= 0.3 is 0 Å². The van der Waals surface area contributed by atoms with Crippen molar-refractivity contribution in [3.63, 3.8) is 0 Å². The Labute approximate surface area is 116 Å². The molecule has 5 nitrogen and oxygen atoms in total. The average molecular weight is 265 g/mol. The van der Waals surface area contributed by atoms with Gasteiger partial charge in [-0.2, -0.15) is 0 Å². The van der Waals surface area contributed by atoms with Gasteiger partial charge in [0.1, 0.15) is 5.82 Å². The number of anilines is 2. The zero-order chi connectivity index (χ0) is 13.9. The van der Waals surface area contributed by atoms with E-state index in [1.165, 1.54) is 0 Å². The number of fused-ring (bicyclic) bond motifs is 1. The van der Waals surface area contributed by atoms with Gasteiger partial charge in [0.25, 0.3) is 0 Å². The molecule has 0 atom stereocenters. The molecule has 0 fully saturated rings. The van der Waals surface area contributed by atoms with Crippen molar-refractivity contribution in [1.82, 2.24) is 15.0 Å². The lowest BCUT2D eigenvalue weighted by atomic mass is 10.1. The predicted octanol–water partition coefficient (Wildman–Crippen LogP) is 2.53. The minimum absolute atomic E-state index is 0.636. The molecule has 0 saturated carbocycles. The van der Waals surface area contributed by atoms with Crippen LogP contribution >= 0.6 is 0 Å². The first-order valence-corrected chi connectivity index (χ1v) is 6.39. The average Bonchev–Trinajstić information content (AvgIpc) is 2.46. The standard InChI is InChI=1S/C15H15N5/c1-10-17-7-5-11(20-10)9-19-14-6-8-18-15-12(14)3-2-4-13(15)16/h2-8H,9,16H2,1H3,(H,18,19). The van der Waals surface area contributed by atoms with Gasteiger partial charge in [0.05, 0.1) is 23.4 Å². The van der Waals surface area contributed by atoms with E-state index in [2.05, 4.69) is 20.3 Å². The minimum Gasteiger partial charge on any atom is -0.397 e. The summed E-state index contributed by atoms with van der Waals surface area (Å²) >= 11 is 0. The second-order valence-electron chi connectivity index (χ2n) is 4.55. The van der Waals surface area contributed by atoms with Gasteiger partial charge in [0, 0.05) is 23.5 Å². The minimum atomic E-state index is 0.636. The fraction of sp³-hybridized carbons (Fsp3) is 0.133. The van der Waals surface area contributed by atoms with Crippen LogP contribution in [0.1, 0.15) is 11.5 Å². The van der Waals surface area contributed by atoms with E-state index < -0.39 is 0 Å². The summed E-state index contributed by atoms with van der Waals surface area (Å²) in [5.41, 5.74) is 9.39. The molecule has 3 aromatic rings.